The summed E-state index contributed by atoms with van der Waals surface area (Å²) in [4.78, 5) is 10.7. The summed E-state index contributed by atoms with van der Waals surface area (Å²) in [6, 6.07) is 4.75. The van der Waals surface area contributed by atoms with Crippen LogP contribution in [-0.2, 0) is 4.79 Å². The molecule has 0 saturated heterocycles. The van der Waals surface area contributed by atoms with E-state index in [1.165, 1.54) is 6.07 Å². The van der Waals surface area contributed by atoms with Crippen LogP contribution in [0.5, 0.6) is 5.75 Å². The van der Waals surface area contributed by atoms with E-state index in [1.807, 2.05) is 0 Å². The average molecular weight is 234 g/mol. The van der Waals surface area contributed by atoms with Crippen molar-refractivity contribution in [3.05, 3.63) is 28.2 Å². The second-order valence-corrected chi connectivity index (χ2v) is 3.58. The molecule has 0 spiro atoms. The zero-order chi connectivity index (χ0) is 10.7. The van der Waals surface area contributed by atoms with Crippen LogP contribution in [0.25, 0.3) is 0 Å². The fourth-order valence-electron chi connectivity index (χ4n) is 0.816. The molecule has 0 aliphatic carbocycles. The van der Waals surface area contributed by atoms with Gasteiger partial charge >= 0.3 is 0 Å². The van der Waals surface area contributed by atoms with Crippen LogP contribution in [-0.4, -0.2) is 12.0 Å². The molecule has 14 heavy (non-hydrogen) atoms. The third-order valence-corrected chi connectivity index (χ3v) is 2.15. The molecule has 3 nitrogen and oxygen atoms in total. The molecule has 1 aromatic rings. The highest BCUT2D eigenvalue weighted by molar-refractivity contribution is 6.34. The van der Waals surface area contributed by atoms with Gasteiger partial charge in [0.2, 0.25) is 0 Å². The SMILES string of the molecule is CC(Oc1cc(Cl)ccc1Cl)C(N)=O. The molecular weight excluding hydrogens is 225 g/mol. The number of hydrogen-bond acceptors (Lipinski definition) is 2. The van der Waals surface area contributed by atoms with Crippen molar-refractivity contribution in [3.8, 4) is 5.75 Å². The maximum Gasteiger partial charge on any atom is 0.258 e. The Morgan fingerprint density at radius 1 is 1.50 bits per heavy atom. The quantitative estimate of drug-likeness (QED) is 0.871. The first-order valence-corrected chi connectivity index (χ1v) is 4.67. The van der Waals surface area contributed by atoms with Gasteiger partial charge in [-0.3, -0.25) is 4.79 Å². The smallest absolute Gasteiger partial charge is 0.258 e. The monoisotopic (exact) mass is 233 g/mol. The lowest BCUT2D eigenvalue weighted by Crippen LogP contribution is -2.30. The van der Waals surface area contributed by atoms with E-state index >= 15 is 0 Å². The van der Waals surface area contributed by atoms with E-state index in [0.717, 1.165) is 0 Å². The zero-order valence-corrected chi connectivity index (χ0v) is 8.97. The molecule has 5 heteroatoms. The summed E-state index contributed by atoms with van der Waals surface area (Å²) in [5.41, 5.74) is 5.03. The van der Waals surface area contributed by atoms with Crippen LogP contribution >= 0.6 is 23.2 Å². The number of rotatable bonds is 3. The Bertz CT molecular complexity index is 355. The van der Waals surface area contributed by atoms with Gasteiger partial charge in [0.25, 0.3) is 5.91 Å². The van der Waals surface area contributed by atoms with E-state index in [0.29, 0.717) is 15.8 Å². The maximum absolute atomic E-state index is 10.7. The second-order valence-electron chi connectivity index (χ2n) is 2.74. The summed E-state index contributed by atoms with van der Waals surface area (Å²) in [5, 5.41) is 0.878. The molecule has 0 saturated carbocycles. The van der Waals surface area contributed by atoms with Crippen molar-refractivity contribution in [2.75, 3.05) is 0 Å². The fraction of sp³-hybridized carbons (Fsp3) is 0.222. The first-order chi connectivity index (χ1) is 6.50. The highest BCUT2D eigenvalue weighted by atomic mass is 35.5. The van der Waals surface area contributed by atoms with E-state index in [2.05, 4.69) is 0 Å². The Hall–Kier alpha value is -0.930. The molecule has 0 bridgehead atoms. The van der Waals surface area contributed by atoms with Crippen LogP contribution in [0.2, 0.25) is 10.0 Å². The molecule has 0 aromatic heterocycles. The molecule has 2 N–H and O–H groups in total. The molecule has 1 aromatic carbocycles. The number of primary amides is 1. The largest absolute Gasteiger partial charge is 0.479 e. The fourth-order valence-corrected chi connectivity index (χ4v) is 1.14. The molecule has 0 aliphatic rings. The predicted molar refractivity (Wildman–Crippen MR) is 55.7 cm³/mol. The number of halogens is 2. The lowest BCUT2D eigenvalue weighted by Gasteiger charge is -2.12. The number of amides is 1. The minimum absolute atomic E-state index is 0.352. The van der Waals surface area contributed by atoms with Gasteiger partial charge in [-0.1, -0.05) is 23.2 Å². The van der Waals surface area contributed by atoms with Crippen molar-refractivity contribution in [1.29, 1.82) is 0 Å². The minimum atomic E-state index is -0.731. The number of benzene rings is 1. The normalized spacial score (nSPS) is 12.2. The van der Waals surface area contributed by atoms with E-state index < -0.39 is 12.0 Å². The standard InChI is InChI=1S/C9H9Cl2NO2/c1-5(9(12)13)14-8-4-6(10)2-3-7(8)11/h2-5H,1H3,(H2,12,13). The molecule has 76 valence electrons. The van der Waals surface area contributed by atoms with Crippen molar-refractivity contribution in [1.82, 2.24) is 0 Å². The third-order valence-electron chi connectivity index (χ3n) is 1.60. The second kappa shape index (κ2) is 4.53. The van der Waals surface area contributed by atoms with E-state index in [9.17, 15) is 4.79 Å². The van der Waals surface area contributed by atoms with Crippen molar-refractivity contribution in [3.63, 3.8) is 0 Å². The lowest BCUT2D eigenvalue weighted by molar-refractivity contribution is -0.123. The zero-order valence-electron chi connectivity index (χ0n) is 7.46. The Labute approximate surface area is 91.7 Å². The van der Waals surface area contributed by atoms with Crippen molar-refractivity contribution in [2.24, 2.45) is 5.73 Å². The Morgan fingerprint density at radius 3 is 2.71 bits per heavy atom. The van der Waals surface area contributed by atoms with Crippen LogP contribution < -0.4 is 10.5 Å². The highest BCUT2D eigenvalue weighted by Gasteiger charge is 2.12. The molecule has 1 rings (SSSR count). The first-order valence-electron chi connectivity index (χ1n) is 3.91. The van der Waals surface area contributed by atoms with Gasteiger partial charge in [-0.15, -0.1) is 0 Å². The van der Waals surface area contributed by atoms with Gasteiger partial charge < -0.3 is 10.5 Å². The van der Waals surface area contributed by atoms with E-state index in [1.54, 1.807) is 19.1 Å². The molecule has 1 amide bonds. The van der Waals surface area contributed by atoms with Crippen molar-refractivity contribution < 1.29 is 9.53 Å². The number of carbonyl (C=O) groups is 1. The summed E-state index contributed by atoms with van der Waals surface area (Å²) in [5.74, 6) is -0.202. The van der Waals surface area contributed by atoms with Crippen LogP contribution in [0.1, 0.15) is 6.92 Å². The van der Waals surface area contributed by atoms with Gasteiger partial charge in [-0.25, -0.2) is 0 Å². The molecular formula is C9H9Cl2NO2. The Morgan fingerprint density at radius 2 is 2.14 bits per heavy atom. The van der Waals surface area contributed by atoms with Crippen LogP contribution in [0, 0.1) is 0 Å². The number of carbonyl (C=O) groups excluding carboxylic acids is 1. The summed E-state index contributed by atoms with van der Waals surface area (Å²) < 4.78 is 5.20. The molecule has 1 unspecified atom stereocenters. The average Bonchev–Trinajstić information content (AvgIpc) is 2.11. The van der Waals surface area contributed by atoms with Gasteiger partial charge in [-0.05, 0) is 19.1 Å². The van der Waals surface area contributed by atoms with Crippen molar-refractivity contribution >= 4 is 29.1 Å². The van der Waals surface area contributed by atoms with E-state index in [4.69, 9.17) is 33.7 Å². The molecule has 0 aliphatic heterocycles. The Kier molecular flexibility index (Phi) is 3.61. The van der Waals surface area contributed by atoms with Gasteiger partial charge in [-0.2, -0.15) is 0 Å². The predicted octanol–water partition coefficient (Wildman–Crippen LogP) is 2.25. The van der Waals surface area contributed by atoms with Gasteiger partial charge in [0, 0.05) is 11.1 Å². The number of nitrogens with two attached hydrogens (primary N) is 1. The molecule has 0 heterocycles. The summed E-state index contributed by atoms with van der Waals surface area (Å²) in [6.07, 6.45) is -0.731. The number of hydrogen-bond donors (Lipinski definition) is 1. The topological polar surface area (TPSA) is 52.3 Å². The molecule has 1 atom stereocenters. The summed E-state index contributed by atoms with van der Waals surface area (Å²) >= 11 is 11.5. The molecule has 0 fully saturated rings. The summed E-state index contributed by atoms with van der Waals surface area (Å²) in [6.45, 7) is 1.54. The summed E-state index contributed by atoms with van der Waals surface area (Å²) in [7, 11) is 0. The van der Waals surface area contributed by atoms with E-state index in [-0.39, 0.29) is 0 Å². The first kappa shape index (κ1) is 11.1. The number of ether oxygens (including phenoxy) is 1. The van der Waals surface area contributed by atoms with Gasteiger partial charge in [0.1, 0.15) is 5.75 Å². The third kappa shape index (κ3) is 2.79. The lowest BCUT2D eigenvalue weighted by atomic mass is 10.3. The minimum Gasteiger partial charge on any atom is -0.479 e. The van der Waals surface area contributed by atoms with Gasteiger partial charge in [0.05, 0.1) is 5.02 Å². The maximum atomic E-state index is 10.7. The van der Waals surface area contributed by atoms with Crippen LogP contribution in [0.4, 0.5) is 0 Å². The van der Waals surface area contributed by atoms with Gasteiger partial charge in [0.15, 0.2) is 6.10 Å². The molecule has 0 radical (unpaired) electrons. The Balaban J connectivity index is 2.85. The van der Waals surface area contributed by atoms with Crippen molar-refractivity contribution in [2.45, 2.75) is 13.0 Å². The highest BCUT2D eigenvalue weighted by Crippen LogP contribution is 2.28. The van der Waals surface area contributed by atoms with Crippen LogP contribution in [0.15, 0.2) is 18.2 Å². The van der Waals surface area contributed by atoms with Crippen LogP contribution in [0.3, 0.4) is 0 Å².